The number of hydrogen-bond acceptors (Lipinski definition) is 7. The van der Waals surface area contributed by atoms with Crippen LogP contribution in [0.3, 0.4) is 0 Å². The van der Waals surface area contributed by atoms with Gasteiger partial charge >= 0.3 is 0 Å². The number of rotatable bonds is 11. The van der Waals surface area contributed by atoms with Crippen molar-refractivity contribution in [2.45, 2.75) is 17.4 Å². The van der Waals surface area contributed by atoms with E-state index >= 15 is 0 Å². The summed E-state index contributed by atoms with van der Waals surface area (Å²) in [4.78, 5) is 9.50. The lowest BCUT2D eigenvalue weighted by molar-refractivity contribution is 0.174. The van der Waals surface area contributed by atoms with E-state index in [1.54, 1.807) is 73.2 Å². The Labute approximate surface area is 236 Å². The molecule has 0 aliphatic carbocycles. The Hall–Kier alpha value is -3.96. The lowest BCUT2D eigenvalue weighted by Gasteiger charge is -2.12. The van der Waals surface area contributed by atoms with Crippen molar-refractivity contribution < 1.29 is 17.9 Å². The SMILES string of the molecule is O=S(=O)(Nc1ccc(CCNCC(O)c2cccnc2)cc1)c1ccc(-c2ncc(-c3ccc(F)cc3)s2)cc1. The van der Waals surface area contributed by atoms with Crippen LogP contribution in [-0.2, 0) is 16.4 Å². The Kier molecular flexibility index (Phi) is 8.61. The summed E-state index contributed by atoms with van der Waals surface area (Å²) in [6.07, 6.45) is 5.15. The van der Waals surface area contributed by atoms with Crippen molar-refractivity contribution in [1.29, 1.82) is 0 Å². The molecule has 0 saturated heterocycles. The van der Waals surface area contributed by atoms with Gasteiger partial charge in [0.15, 0.2) is 0 Å². The summed E-state index contributed by atoms with van der Waals surface area (Å²) in [5.41, 5.74) is 3.94. The molecule has 204 valence electrons. The number of anilines is 1. The van der Waals surface area contributed by atoms with Crippen molar-refractivity contribution in [2.24, 2.45) is 0 Å². The van der Waals surface area contributed by atoms with E-state index in [9.17, 15) is 17.9 Å². The number of benzene rings is 3. The fraction of sp³-hybridized carbons (Fsp3) is 0.133. The molecule has 3 aromatic carbocycles. The normalized spacial score (nSPS) is 12.2. The molecule has 0 aliphatic rings. The number of halogens is 1. The number of aliphatic hydroxyl groups is 1. The number of aromatic nitrogens is 2. The van der Waals surface area contributed by atoms with Crippen LogP contribution in [0.1, 0.15) is 17.2 Å². The zero-order valence-electron chi connectivity index (χ0n) is 21.4. The zero-order chi connectivity index (χ0) is 28.0. The predicted octanol–water partition coefficient (Wildman–Crippen LogP) is 5.68. The van der Waals surface area contributed by atoms with Crippen LogP contribution in [-0.4, -0.2) is 36.6 Å². The van der Waals surface area contributed by atoms with Gasteiger partial charge in [0.2, 0.25) is 0 Å². The summed E-state index contributed by atoms with van der Waals surface area (Å²) >= 11 is 1.45. The summed E-state index contributed by atoms with van der Waals surface area (Å²) in [5, 5.41) is 14.2. The first-order valence-electron chi connectivity index (χ1n) is 12.6. The molecule has 0 fully saturated rings. The molecule has 0 radical (unpaired) electrons. The van der Waals surface area contributed by atoms with Crippen LogP contribution in [0, 0.1) is 5.82 Å². The lowest BCUT2D eigenvalue weighted by atomic mass is 10.1. The molecule has 0 saturated carbocycles. The van der Waals surface area contributed by atoms with Crippen LogP contribution in [0.2, 0.25) is 0 Å². The third-order valence-corrected chi connectivity index (χ3v) is 8.74. The second kappa shape index (κ2) is 12.5. The number of nitrogens with one attached hydrogen (secondary N) is 2. The van der Waals surface area contributed by atoms with Gasteiger partial charge in [-0.15, -0.1) is 11.3 Å². The summed E-state index contributed by atoms with van der Waals surface area (Å²) in [5.74, 6) is -0.294. The smallest absolute Gasteiger partial charge is 0.261 e. The Bertz CT molecular complexity index is 1640. The highest BCUT2D eigenvalue weighted by molar-refractivity contribution is 7.92. The number of hydrogen-bond donors (Lipinski definition) is 3. The maximum atomic E-state index is 13.2. The first-order chi connectivity index (χ1) is 19.4. The standard InChI is InChI=1S/C30H27FN4O3S2/c31-25-9-5-22(6-10-25)29-20-34-30(39-29)23-7-13-27(14-8-23)40(37,38)35-26-11-3-21(4-12-26)15-17-33-19-28(36)24-2-1-16-32-18-24/h1-14,16,18,20,28,33,35-36H,15,17,19H2. The molecule has 40 heavy (non-hydrogen) atoms. The van der Waals surface area contributed by atoms with Crippen molar-refractivity contribution in [3.8, 4) is 21.0 Å². The fourth-order valence-corrected chi connectivity index (χ4v) is 6.03. The van der Waals surface area contributed by atoms with E-state index < -0.39 is 16.1 Å². The molecule has 2 heterocycles. The van der Waals surface area contributed by atoms with Crippen molar-refractivity contribution >= 4 is 27.0 Å². The molecule has 1 unspecified atom stereocenters. The Morgan fingerprint density at radius 1 is 0.900 bits per heavy atom. The molecule has 0 bridgehead atoms. The van der Waals surface area contributed by atoms with Crippen LogP contribution in [0.25, 0.3) is 21.0 Å². The third kappa shape index (κ3) is 6.97. The first-order valence-corrected chi connectivity index (χ1v) is 14.9. The molecule has 0 spiro atoms. The van der Waals surface area contributed by atoms with Crippen molar-refractivity contribution in [2.75, 3.05) is 17.8 Å². The fourth-order valence-electron chi connectivity index (χ4n) is 4.05. The third-order valence-electron chi connectivity index (χ3n) is 6.25. The summed E-state index contributed by atoms with van der Waals surface area (Å²) in [6, 6.07) is 23.6. The number of thiazole rings is 1. The molecule has 5 rings (SSSR count). The summed E-state index contributed by atoms with van der Waals surface area (Å²) < 4.78 is 41.7. The van der Waals surface area contributed by atoms with E-state index in [0.29, 0.717) is 18.8 Å². The van der Waals surface area contributed by atoms with Crippen molar-refractivity contribution in [3.63, 3.8) is 0 Å². The van der Waals surface area contributed by atoms with Gasteiger partial charge in [0.05, 0.1) is 15.9 Å². The van der Waals surface area contributed by atoms with E-state index in [1.165, 1.54) is 23.5 Å². The molecule has 10 heteroatoms. The number of nitrogens with zero attached hydrogens (tertiary/aromatic N) is 2. The van der Waals surface area contributed by atoms with Gasteiger partial charge in [-0.1, -0.05) is 42.5 Å². The quantitative estimate of drug-likeness (QED) is 0.176. The van der Waals surface area contributed by atoms with Gasteiger partial charge in [0.1, 0.15) is 10.8 Å². The molecule has 7 nitrogen and oxygen atoms in total. The van der Waals surface area contributed by atoms with Crippen LogP contribution < -0.4 is 10.0 Å². The van der Waals surface area contributed by atoms with E-state index in [1.807, 2.05) is 18.2 Å². The largest absolute Gasteiger partial charge is 0.387 e. The zero-order valence-corrected chi connectivity index (χ0v) is 23.0. The average Bonchev–Trinajstić information content (AvgIpc) is 3.47. The molecule has 5 aromatic rings. The van der Waals surface area contributed by atoms with Crippen LogP contribution in [0.4, 0.5) is 10.1 Å². The summed E-state index contributed by atoms with van der Waals surface area (Å²) in [6.45, 7) is 1.08. The van der Waals surface area contributed by atoms with Crippen molar-refractivity contribution in [3.05, 3.63) is 120 Å². The van der Waals surface area contributed by atoms with E-state index in [4.69, 9.17) is 0 Å². The highest BCUT2D eigenvalue weighted by atomic mass is 32.2. The molecule has 0 amide bonds. The maximum Gasteiger partial charge on any atom is 0.261 e. The van der Waals surface area contributed by atoms with Crippen molar-refractivity contribution in [1.82, 2.24) is 15.3 Å². The number of sulfonamides is 1. The lowest BCUT2D eigenvalue weighted by Crippen LogP contribution is -2.23. The van der Waals surface area contributed by atoms with Crippen LogP contribution in [0.15, 0.2) is 108 Å². The molecule has 2 aromatic heterocycles. The highest BCUT2D eigenvalue weighted by Gasteiger charge is 2.15. The topological polar surface area (TPSA) is 104 Å². The monoisotopic (exact) mass is 574 g/mol. The molecule has 0 aliphatic heterocycles. The van der Waals surface area contributed by atoms with Gasteiger partial charge in [0.25, 0.3) is 10.0 Å². The summed E-state index contributed by atoms with van der Waals surface area (Å²) in [7, 11) is -3.77. The van der Waals surface area contributed by atoms with Crippen LogP contribution in [0.5, 0.6) is 0 Å². The second-order valence-electron chi connectivity index (χ2n) is 9.12. The van der Waals surface area contributed by atoms with Gasteiger partial charge in [-0.2, -0.15) is 0 Å². The molecule has 1 atom stereocenters. The Morgan fingerprint density at radius 2 is 1.62 bits per heavy atom. The molecular formula is C30H27FN4O3S2. The van der Waals surface area contributed by atoms with Gasteiger partial charge in [-0.05, 0) is 66.6 Å². The van der Waals surface area contributed by atoms with E-state index in [-0.39, 0.29) is 10.7 Å². The minimum atomic E-state index is -3.77. The minimum absolute atomic E-state index is 0.145. The van der Waals surface area contributed by atoms with E-state index in [2.05, 4.69) is 20.0 Å². The Morgan fingerprint density at radius 3 is 2.33 bits per heavy atom. The number of pyridine rings is 1. The first kappa shape index (κ1) is 27.6. The molecular weight excluding hydrogens is 547 g/mol. The average molecular weight is 575 g/mol. The van der Waals surface area contributed by atoms with Gasteiger partial charge in [-0.3, -0.25) is 9.71 Å². The van der Waals surface area contributed by atoms with E-state index in [0.717, 1.165) is 38.6 Å². The predicted molar refractivity (Wildman–Crippen MR) is 156 cm³/mol. The van der Waals surface area contributed by atoms with Gasteiger partial charge in [0, 0.05) is 41.9 Å². The second-order valence-corrected chi connectivity index (χ2v) is 11.8. The number of aliphatic hydroxyl groups excluding tert-OH is 1. The van der Waals surface area contributed by atoms with Gasteiger partial charge in [-0.25, -0.2) is 17.8 Å². The van der Waals surface area contributed by atoms with Gasteiger partial charge < -0.3 is 10.4 Å². The Balaban J connectivity index is 1.14. The highest BCUT2D eigenvalue weighted by Crippen LogP contribution is 2.32. The minimum Gasteiger partial charge on any atom is -0.387 e. The maximum absolute atomic E-state index is 13.2. The van der Waals surface area contributed by atoms with Crippen LogP contribution >= 0.6 is 11.3 Å². The molecule has 3 N–H and O–H groups in total.